The van der Waals surface area contributed by atoms with Crippen molar-refractivity contribution in [1.82, 2.24) is 24.4 Å². The lowest BCUT2D eigenvalue weighted by molar-refractivity contribution is -0.0294. The fourth-order valence-corrected chi connectivity index (χ4v) is 3.59. The van der Waals surface area contributed by atoms with E-state index in [1.807, 2.05) is 0 Å². The highest BCUT2D eigenvalue weighted by Crippen LogP contribution is 2.15. The van der Waals surface area contributed by atoms with Gasteiger partial charge in [-0.1, -0.05) is 13.3 Å². The van der Waals surface area contributed by atoms with Crippen LogP contribution in [0.5, 0.6) is 0 Å². The number of hydrogen-bond donors (Lipinski definition) is 3. The summed E-state index contributed by atoms with van der Waals surface area (Å²) in [5, 5.41) is 18.5. The molecule has 1 amide bonds. The molecule has 0 saturated heterocycles. The van der Waals surface area contributed by atoms with E-state index in [1.165, 1.54) is 22.0 Å². The van der Waals surface area contributed by atoms with Crippen molar-refractivity contribution in [3.8, 4) is 0 Å². The molecule has 0 bridgehead atoms. The first kappa shape index (κ1) is 53.9. The molecule has 53 heavy (non-hydrogen) atoms. The van der Waals surface area contributed by atoms with Gasteiger partial charge in [-0.25, -0.2) is 33.7 Å². The molecule has 0 fully saturated rings. The van der Waals surface area contributed by atoms with Crippen LogP contribution in [0.1, 0.15) is 108 Å². The van der Waals surface area contributed by atoms with Crippen molar-refractivity contribution >= 4 is 51.5 Å². The normalized spacial score (nSPS) is 12.4. The second kappa shape index (κ2) is 24.0. The van der Waals surface area contributed by atoms with Gasteiger partial charge in [0.05, 0.1) is 24.7 Å². The van der Waals surface area contributed by atoms with Crippen molar-refractivity contribution in [1.29, 1.82) is 0 Å². The van der Waals surface area contributed by atoms with Crippen LogP contribution in [0.15, 0.2) is 25.0 Å². The molecular weight excluding hydrogens is 731 g/mol. The Hall–Kier alpha value is -3.48. The Balaban J connectivity index is -0.000000762. The number of likely N-dealkylation sites (N-methyl/N-ethyl adjacent to an activating group) is 1. The summed E-state index contributed by atoms with van der Waals surface area (Å²) in [5.41, 5.74) is -0.959. The number of aliphatic hydroxyl groups excluding tert-OH is 2. The van der Waals surface area contributed by atoms with E-state index in [0.29, 0.717) is 11.6 Å². The zero-order valence-corrected chi connectivity index (χ0v) is 35.9. The Morgan fingerprint density at radius 1 is 0.792 bits per heavy atom. The van der Waals surface area contributed by atoms with Gasteiger partial charge in [0.15, 0.2) is 0 Å². The number of nitrogens with zero attached hydrogens (tertiary/aromatic N) is 4. The summed E-state index contributed by atoms with van der Waals surface area (Å²) in [6.07, 6.45) is 5.35. The van der Waals surface area contributed by atoms with Crippen LogP contribution in [0.25, 0.3) is 0 Å². The van der Waals surface area contributed by atoms with Crippen LogP contribution in [-0.2, 0) is 36.5 Å². The number of imidazole rings is 2. The summed E-state index contributed by atoms with van der Waals surface area (Å²) < 4.78 is 25.6. The van der Waals surface area contributed by atoms with Gasteiger partial charge in [0.2, 0.25) is 0 Å². The molecular formula is C35H65N5O11S2. The first-order chi connectivity index (χ1) is 23.2. The number of aromatic nitrogens is 4. The number of ether oxygens (including phenoxy) is 5. The fraction of sp³-hybridized carbons (Fsp3) is 0.714. The van der Waals surface area contributed by atoms with Crippen LogP contribution in [0.4, 0.5) is 19.2 Å². The summed E-state index contributed by atoms with van der Waals surface area (Å²) >= 11 is 0. The standard InChI is InChI=1S/C17H29N3O5.C10H18O5.C8H14N2O.2H2S/c1-16(2,3)24-14(22)19(7)13(10-21)8-12-9-20(11-18-12)15(23)25-17(4,5)6;1-9(2,3)14-7(11)13-8(12)15-10(4,5)6;1-2-7(5-11)3-8-4-9-6-10-8;;/h9,11,13,21H,8,10H2,1-7H3;1-6H3;4,6-7,11H,2-3,5H2,1H3,(H,9,10);2*1H2/t13-;;7-;;/m0.0../s1. The highest BCUT2D eigenvalue weighted by atomic mass is 32.1. The van der Waals surface area contributed by atoms with Crippen LogP contribution in [-0.4, -0.2) is 108 Å². The zero-order chi connectivity index (χ0) is 39.8. The maximum Gasteiger partial charge on any atom is 0.519 e. The molecule has 0 aromatic carbocycles. The number of carbonyl (C=O) groups excluding carboxylic acids is 4. The predicted octanol–water partition coefficient (Wildman–Crippen LogP) is 6.51. The average molecular weight is 796 g/mol. The minimum Gasteiger partial charge on any atom is -0.444 e. The molecule has 0 spiro atoms. The number of amides is 1. The van der Waals surface area contributed by atoms with Crippen molar-refractivity contribution in [2.24, 2.45) is 5.92 Å². The third-order valence-electron chi connectivity index (χ3n) is 5.97. The fourth-order valence-electron chi connectivity index (χ4n) is 3.59. The van der Waals surface area contributed by atoms with Gasteiger partial charge < -0.3 is 43.8 Å². The van der Waals surface area contributed by atoms with Crippen LogP contribution in [0.3, 0.4) is 0 Å². The lowest BCUT2D eigenvalue weighted by atomic mass is 10.0. The van der Waals surface area contributed by atoms with E-state index in [4.69, 9.17) is 24.1 Å². The Bertz CT molecular complexity index is 1310. The third-order valence-corrected chi connectivity index (χ3v) is 5.97. The number of nitrogens with one attached hydrogen (secondary N) is 1. The molecule has 3 N–H and O–H groups in total. The van der Waals surface area contributed by atoms with E-state index in [2.05, 4.69) is 26.6 Å². The van der Waals surface area contributed by atoms with Gasteiger partial charge >= 0.3 is 24.5 Å². The molecule has 2 atom stereocenters. The third kappa shape index (κ3) is 26.9. The summed E-state index contributed by atoms with van der Waals surface area (Å²) in [7, 11) is 1.56. The number of hydrogen-bond acceptors (Lipinski definition) is 13. The van der Waals surface area contributed by atoms with Gasteiger partial charge in [0, 0.05) is 38.2 Å². The zero-order valence-electron chi connectivity index (χ0n) is 33.9. The lowest BCUT2D eigenvalue weighted by Crippen LogP contribution is -2.43. The van der Waals surface area contributed by atoms with Gasteiger partial charge in [-0.05, 0) is 95.4 Å². The summed E-state index contributed by atoms with van der Waals surface area (Å²) in [4.78, 5) is 58.5. The largest absolute Gasteiger partial charge is 0.519 e. The molecule has 2 heterocycles. The van der Waals surface area contributed by atoms with E-state index in [9.17, 15) is 24.3 Å². The van der Waals surface area contributed by atoms with Crippen LogP contribution >= 0.6 is 27.0 Å². The maximum atomic E-state index is 12.1. The highest BCUT2D eigenvalue weighted by Gasteiger charge is 2.27. The van der Waals surface area contributed by atoms with Gasteiger partial charge in [-0.15, -0.1) is 0 Å². The molecule has 0 saturated carbocycles. The number of rotatable bonds is 8. The topological polar surface area (TPSA) is 205 Å². The number of H-pyrrole nitrogens is 1. The van der Waals surface area contributed by atoms with Crippen molar-refractivity contribution in [2.45, 2.75) is 138 Å². The Morgan fingerprint density at radius 2 is 1.28 bits per heavy atom. The molecule has 2 rings (SSSR count). The van der Waals surface area contributed by atoms with Crippen molar-refractivity contribution in [3.63, 3.8) is 0 Å². The molecule has 308 valence electrons. The summed E-state index contributed by atoms with van der Waals surface area (Å²) in [6, 6.07) is -0.517. The van der Waals surface area contributed by atoms with Crippen LogP contribution < -0.4 is 0 Å². The smallest absolute Gasteiger partial charge is 0.444 e. The van der Waals surface area contributed by atoms with E-state index in [0.717, 1.165) is 18.5 Å². The summed E-state index contributed by atoms with van der Waals surface area (Å²) in [6.45, 7) is 22.8. The van der Waals surface area contributed by atoms with Crippen LogP contribution in [0, 0.1) is 5.92 Å². The average Bonchev–Trinajstić information content (AvgIpc) is 3.63. The SMILES string of the molecule is CC(C)(C)OC(=O)OC(=O)OC(C)(C)C.CC[C@H](CO)Cc1cnc[nH]1.CN(C(=O)OC(C)(C)C)[C@H](CO)Cc1cn(C(=O)OC(C)(C)C)cn1.S.S. The maximum absolute atomic E-state index is 12.1. The molecule has 0 unspecified atom stereocenters. The Morgan fingerprint density at radius 3 is 1.66 bits per heavy atom. The van der Waals surface area contributed by atoms with Crippen molar-refractivity contribution in [2.75, 3.05) is 20.3 Å². The predicted molar refractivity (Wildman–Crippen MR) is 210 cm³/mol. The van der Waals surface area contributed by atoms with Crippen molar-refractivity contribution < 1.29 is 53.1 Å². The van der Waals surface area contributed by atoms with E-state index >= 15 is 0 Å². The van der Waals surface area contributed by atoms with Gasteiger partial charge in [0.25, 0.3) is 0 Å². The molecule has 0 aliphatic heterocycles. The highest BCUT2D eigenvalue weighted by molar-refractivity contribution is 7.59. The molecule has 16 nitrogen and oxygen atoms in total. The molecule has 0 aliphatic rings. The van der Waals surface area contributed by atoms with Crippen molar-refractivity contribution in [3.05, 3.63) is 36.4 Å². The molecule has 0 radical (unpaired) electrons. The Labute approximate surface area is 328 Å². The molecule has 0 aliphatic carbocycles. The van der Waals surface area contributed by atoms with Gasteiger partial charge in [-0.2, -0.15) is 27.0 Å². The van der Waals surface area contributed by atoms with E-state index in [-0.39, 0.29) is 46.6 Å². The number of carbonyl (C=O) groups is 4. The second-order valence-corrected chi connectivity index (χ2v) is 15.7. The minimum atomic E-state index is -1.06. The molecule has 18 heteroatoms. The Kier molecular flexibility index (Phi) is 24.4. The second-order valence-electron chi connectivity index (χ2n) is 15.7. The van der Waals surface area contributed by atoms with E-state index in [1.54, 1.807) is 103 Å². The van der Waals surface area contributed by atoms with Gasteiger partial charge in [-0.3, -0.25) is 0 Å². The van der Waals surface area contributed by atoms with Crippen LogP contribution in [0.2, 0.25) is 0 Å². The quantitative estimate of drug-likeness (QED) is 0.148. The summed E-state index contributed by atoms with van der Waals surface area (Å²) in [5.74, 6) is 0.371. The monoisotopic (exact) mass is 795 g/mol. The number of aliphatic hydroxyl groups is 2. The molecule has 2 aromatic rings. The lowest BCUT2D eigenvalue weighted by Gasteiger charge is -2.29. The number of aromatic amines is 1. The molecule has 2 aromatic heterocycles. The first-order valence-electron chi connectivity index (χ1n) is 16.7. The minimum absolute atomic E-state index is 0. The van der Waals surface area contributed by atoms with Gasteiger partial charge in [0.1, 0.15) is 28.7 Å². The first-order valence-corrected chi connectivity index (χ1v) is 16.7. The van der Waals surface area contributed by atoms with E-state index < -0.39 is 52.9 Å².